The summed E-state index contributed by atoms with van der Waals surface area (Å²) >= 11 is 0. The van der Waals surface area contributed by atoms with Crippen LogP contribution in [0.3, 0.4) is 0 Å². The van der Waals surface area contributed by atoms with Crippen molar-refractivity contribution in [1.29, 1.82) is 0 Å². The van der Waals surface area contributed by atoms with E-state index in [1.165, 1.54) is 38.5 Å². The monoisotopic (exact) mass is 266 g/mol. The van der Waals surface area contributed by atoms with E-state index < -0.39 is 0 Å². The second kappa shape index (κ2) is 5.06. The summed E-state index contributed by atoms with van der Waals surface area (Å²) in [4.78, 5) is 12.2. The minimum absolute atomic E-state index is 0.110. The Bertz CT molecular complexity index is 317. The van der Waals surface area contributed by atoms with Crippen LogP contribution in [0.2, 0.25) is 0 Å². The molecule has 4 aliphatic rings. The highest BCUT2D eigenvalue weighted by molar-refractivity contribution is 5.77. The number of amides is 1. The van der Waals surface area contributed by atoms with Gasteiger partial charge < -0.3 is 15.8 Å². The molecule has 1 unspecified atom stereocenters. The summed E-state index contributed by atoms with van der Waals surface area (Å²) in [6.07, 6.45) is 8.06. The maximum atomic E-state index is 12.2. The summed E-state index contributed by atoms with van der Waals surface area (Å²) in [6.45, 7) is 0.408. The predicted molar refractivity (Wildman–Crippen MR) is 73.5 cm³/mol. The van der Waals surface area contributed by atoms with Crippen molar-refractivity contribution in [3.8, 4) is 0 Å². The number of hydrogen-bond donors (Lipinski definition) is 2. The van der Waals surface area contributed by atoms with Crippen LogP contribution in [0, 0.1) is 17.8 Å². The summed E-state index contributed by atoms with van der Waals surface area (Å²) in [5.41, 5.74) is 5.70. The summed E-state index contributed by atoms with van der Waals surface area (Å²) < 4.78 is 5.21. The molecule has 4 bridgehead atoms. The molecule has 0 saturated heterocycles. The van der Waals surface area contributed by atoms with Crippen molar-refractivity contribution in [1.82, 2.24) is 5.32 Å². The Hall–Kier alpha value is -0.610. The van der Waals surface area contributed by atoms with Gasteiger partial charge >= 0.3 is 0 Å². The molecular weight excluding hydrogens is 240 g/mol. The number of carbonyl (C=O) groups excluding carboxylic acids is 1. The first-order valence-corrected chi connectivity index (χ1v) is 7.66. The van der Waals surface area contributed by atoms with E-state index in [0.717, 1.165) is 17.8 Å². The van der Waals surface area contributed by atoms with Crippen molar-refractivity contribution in [3.05, 3.63) is 0 Å². The van der Waals surface area contributed by atoms with Gasteiger partial charge in [0.25, 0.3) is 0 Å². The van der Waals surface area contributed by atoms with E-state index >= 15 is 0 Å². The average Bonchev–Trinajstić information content (AvgIpc) is 2.33. The number of nitrogens with one attached hydrogen (secondary N) is 1. The molecule has 1 amide bonds. The topological polar surface area (TPSA) is 64.3 Å². The summed E-state index contributed by atoms with van der Waals surface area (Å²) in [7, 11) is 1.62. The van der Waals surface area contributed by atoms with Gasteiger partial charge in [-0.2, -0.15) is 0 Å². The van der Waals surface area contributed by atoms with E-state index in [0.29, 0.717) is 13.0 Å². The Labute approximate surface area is 115 Å². The van der Waals surface area contributed by atoms with Crippen molar-refractivity contribution >= 4 is 5.91 Å². The minimum Gasteiger partial charge on any atom is -0.380 e. The van der Waals surface area contributed by atoms with Gasteiger partial charge in [0.05, 0.1) is 12.5 Å². The van der Waals surface area contributed by atoms with Gasteiger partial charge in [-0.1, -0.05) is 0 Å². The first-order chi connectivity index (χ1) is 9.12. The molecule has 4 nitrogen and oxygen atoms in total. The number of hydrogen-bond acceptors (Lipinski definition) is 3. The number of ether oxygens (including phenoxy) is 1. The van der Waals surface area contributed by atoms with Crippen molar-refractivity contribution in [2.24, 2.45) is 23.5 Å². The van der Waals surface area contributed by atoms with E-state index in [9.17, 15) is 4.79 Å². The fourth-order valence-corrected chi connectivity index (χ4v) is 5.08. The van der Waals surface area contributed by atoms with Crippen molar-refractivity contribution in [2.75, 3.05) is 13.7 Å². The maximum Gasteiger partial charge on any atom is 0.223 e. The van der Waals surface area contributed by atoms with Crippen LogP contribution < -0.4 is 11.1 Å². The van der Waals surface area contributed by atoms with E-state index in [4.69, 9.17) is 10.5 Å². The Kier molecular flexibility index (Phi) is 3.56. The molecule has 4 aliphatic carbocycles. The predicted octanol–water partition coefficient (Wildman–Crippen LogP) is 1.44. The lowest BCUT2D eigenvalue weighted by molar-refractivity contribution is -0.129. The molecule has 4 fully saturated rings. The zero-order valence-corrected chi connectivity index (χ0v) is 11.9. The van der Waals surface area contributed by atoms with Crippen LogP contribution in [0.5, 0.6) is 0 Å². The molecule has 0 aromatic rings. The van der Waals surface area contributed by atoms with Crippen LogP contribution in [0.25, 0.3) is 0 Å². The van der Waals surface area contributed by atoms with E-state index in [2.05, 4.69) is 5.32 Å². The van der Waals surface area contributed by atoms with Crippen LogP contribution in [0.4, 0.5) is 0 Å². The van der Waals surface area contributed by atoms with Gasteiger partial charge in [0.2, 0.25) is 5.91 Å². The normalized spacial score (nSPS) is 41.3. The molecule has 0 aliphatic heterocycles. The molecule has 4 saturated carbocycles. The molecule has 4 rings (SSSR count). The fourth-order valence-electron chi connectivity index (χ4n) is 5.08. The fraction of sp³-hybridized carbons (Fsp3) is 0.933. The minimum atomic E-state index is -0.145. The second-order valence-electron chi connectivity index (χ2n) is 7.04. The van der Waals surface area contributed by atoms with Gasteiger partial charge in [-0.05, 0) is 56.3 Å². The SMILES string of the molecule is COC(CN)CC(=O)NC12CC3CC(CC(C3)C1)C2. The molecule has 3 N–H and O–H groups in total. The third-order valence-corrected chi connectivity index (χ3v) is 5.45. The highest BCUT2D eigenvalue weighted by atomic mass is 16.5. The Morgan fingerprint density at radius 3 is 2.21 bits per heavy atom. The summed E-state index contributed by atoms with van der Waals surface area (Å²) in [5.74, 6) is 2.71. The molecule has 0 aromatic carbocycles. The Morgan fingerprint density at radius 2 is 1.79 bits per heavy atom. The van der Waals surface area contributed by atoms with Crippen molar-refractivity contribution in [3.63, 3.8) is 0 Å². The molecule has 0 aromatic heterocycles. The molecule has 4 heteroatoms. The van der Waals surface area contributed by atoms with Gasteiger partial charge in [0, 0.05) is 19.2 Å². The first kappa shape index (κ1) is 13.4. The highest BCUT2D eigenvalue weighted by Gasteiger charge is 2.51. The molecule has 108 valence electrons. The lowest BCUT2D eigenvalue weighted by Crippen LogP contribution is -2.60. The van der Waals surface area contributed by atoms with Crippen LogP contribution >= 0.6 is 0 Å². The van der Waals surface area contributed by atoms with E-state index in [1.54, 1.807) is 7.11 Å². The van der Waals surface area contributed by atoms with Gasteiger partial charge in [-0.3, -0.25) is 4.79 Å². The third-order valence-electron chi connectivity index (χ3n) is 5.45. The van der Waals surface area contributed by atoms with Crippen LogP contribution in [0.1, 0.15) is 44.9 Å². The molecule has 0 radical (unpaired) electrons. The molecule has 0 heterocycles. The molecule has 19 heavy (non-hydrogen) atoms. The lowest BCUT2D eigenvalue weighted by atomic mass is 9.53. The zero-order chi connectivity index (χ0) is 13.5. The maximum absolute atomic E-state index is 12.2. The highest BCUT2D eigenvalue weighted by Crippen LogP contribution is 2.55. The van der Waals surface area contributed by atoms with Gasteiger partial charge in [-0.15, -0.1) is 0 Å². The summed E-state index contributed by atoms with van der Waals surface area (Å²) in [6, 6.07) is 0. The standard InChI is InChI=1S/C15H26N2O2/c1-19-13(9-16)5-14(18)17-15-6-10-2-11(7-15)4-12(3-10)8-15/h10-13H,2-9,16H2,1H3,(H,17,18). The number of carbonyl (C=O) groups is 1. The smallest absolute Gasteiger partial charge is 0.223 e. The van der Waals surface area contributed by atoms with Crippen LogP contribution in [0.15, 0.2) is 0 Å². The average molecular weight is 266 g/mol. The van der Waals surface area contributed by atoms with E-state index in [-0.39, 0.29) is 17.6 Å². The third kappa shape index (κ3) is 2.65. The number of nitrogens with two attached hydrogens (primary N) is 1. The molecular formula is C15H26N2O2. The van der Waals surface area contributed by atoms with E-state index in [1.807, 2.05) is 0 Å². The zero-order valence-electron chi connectivity index (χ0n) is 11.9. The number of rotatable bonds is 5. The van der Waals surface area contributed by atoms with Crippen LogP contribution in [-0.4, -0.2) is 31.2 Å². The first-order valence-electron chi connectivity index (χ1n) is 7.66. The quantitative estimate of drug-likeness (QED) is 0.791. The Balaban J connectivity index is 1.61. The van der Waals surface area contributed by atoms with Gasteiger partial charge in [0.1, 0.15) is 0 Å². The second-order valence-corrected chi connectivity index (χ2v) is 7.04. The summed E-state index contributed by atoms with van der Waals surface area (Å²) in [5, 5.41) is 3.35. The number of methoxy groups -OCH3 is 1. The Morgan fingerprint density at radius 1 is 1.26 bits per heavy atom. The molecule has 1 atom stereocenters. The van der Waals surface area contributed by atoms with Gasteiger partial charge in [0.15, 0.2) is 0 Å². The molecule has 0 spiro atoms. The lowest BCUT2D eigenvalue weighted by Gasteiger charge is -2.57. The van der Waals surface area contributed by atoms with Crippen LogP contribution in [-0.2, 0) is 9.53 Å². The van der Waals surface area contributed by atoms with Crippen molar-refractivity contribution < 1.29 is 9.53 Å². The largest absolute Gasteiger partial charge is 0.380 e. The van der Waals surface area contributed by atoms with Gasteiger partial charge in [-0.25, -0.2) is 0 Å². The van der Waals surface area contributed by atoms with Crippen molar-refractivity contribution in [2.45, 2.75) is 56.6 Å².